The maximum absolute atomic E-state index is 12.0. The molecule has 1 aliphatic heterocycles. The van der Waals surface area contributed by atoms with Gasteiger partial charge in [0.2, 0.25) is 5.91 Å². The third-order valence-corrected chi connectivity index (χ3v) is 3.28. The minimum atomic E-state index is 0.131. The van der Waals surface area contributed by atoms with E-state index in [0.717, 1.165) is 16.8 Å². The van der Waals surface area contributed by atoms with Crippen molar-refractivity contribution >= 4 is 23.2 Å². The summed E-state index contributed by atoms with van der Waals surface area (Å²) in [6, 6.07) is 11.5. The van der Waals surface area contributed by atoms with E-state index in [1.54, 1.807) is 17.2 Å². The summed E-state index contributed by atoms with van der Waals surface area (Å²) in [7, 11) is 0. The first-order valence-corrected chi connectivity index (χ1v) is 6.10. The number of rotatable bonds is 2. The monoisotopic (exact) mass is 258 g/mol. The highest BCUT2D eigenvalue weighted by Crippen LogP contribution is 2.29. The van der Waals surface area contributed by atoms with E-state index in [-0.39, 0.29) is 5.91 Å². The number of amides is 1. The fraction of sp³-hybridized carbons (Fsp3) is 0.143. The average molecular weight is 259 g/mol. The number of anilines is 1. The van der Waals surface area contributed by atoms with Crippen molar-refractivity contribution in [1.82, 2.24) is 4.98 Å². The molecule has 0 fully saturated rings. The van der Waals surface area contributed by atoms with Gasteiger partial charge in [0, 0.05) is 11.9 Å². The lowest BCUT2D eigenvalue weighted by atomic mass is 10.2. The van der Waals surface area contributed by atoms with Crippen LogP contribution in [0.3, 0.4) is 0 Å². The number of carbonyl (C=O) groups excluding carboxylic acids is 1. The first kappa shape index (κ1) is 11.2. The van der Waals surface area contributed by atoms with Gasteiger partial charge in [-0.15, -0.1) is 0 Å². The summed E-state index contributed by atoms with van der Waals surface area (Å²) >= 11 is 5.75. The maximum Gasteiger partial charge on any atom is 0.231 e. The lowest BCUT2D eigenvalue weighted by molar-refractivity contribution is -0.117. The van der Waals surface area contributed by atoms with Gasteiger partial charge in [0.1, 0.15) is 5.15 Å². The number of benzene rings is 1. The van der Waals surface area contributed by atoms with E-state index in [4.69, 9.17) is 11.6 Å². The van der Waals surface area contributed by atoms with Crippen molar-refractivity contribution in [1.29, 1.82) is 0 Å². The Morgan fingerprint density at radius 3 is 2.83 bits per heavy atom. The molecule has 0 aliphatic carbocycles. The van der Waals surface area contributed by atoms with Crippen molar-refractivity contribution in [3.05, 3.63) is 58.9 Å². The molecule has 1 aromatic carbocycles. The number of nitrogens with zero attached hydrogens (tertiary/aromatic N) is 2. The van der Waals surface area contributed by atoms with Crippen molar-refractivity contribution in [2.45, 2.75) is 13.0 Å². The Morgan fingerprint density at radius 2 is 2.06 bits per heavy atom. The second-order valence-electron chi connectivity index (χ2n) is 4.27. The predicted octanol–water partition coefficient (Wildman–Crippen LogP) is 2.82. The van der Waals surface area contributed by atoms with Crippen LogP contribution in [-0.4, -0.2) is 10.9 Å². The number of pyridine rings is 1. The average Bonchev–Trinajstić information content (AvgIpc) is 2.69. The summed E-state index contributed by atoms with van der Waals surface area (Å²) in [6.07, 6.45) is 2.19. The SMILES string of the molecule is O=C1Cc2ccccc2N1Cc1ccc(Cl)nc1. The number of hydrogen-bond acceptors (Lipinski definition) is 2. The van der Waals surface area contributed by atoms with Crippen molar-refractivity contribution in [2.75, 3.05) is 4.90 Å². The molecular formula is C14H11ClN2O. The zero-order chi connectivity index (χ0) is 12.5. The van der Waals surface area contributed by atoms with Gasteiger partial charge in [-0.25, -0.2) is 4.98 Å². The lowest BCUT2D eigenvalue weighted by Crippen LogP contribution is -2.26. The molecule has 0 N–H and O–H groups in total. The zero-order valence-electron chi connectivity index (χ0n) is 9.64. The lowest BCUT2D eigenvalue weighted by Gasteiger charge is -2.17. The quantitative estimate of drug-likeness (QED) is 0.776. The minimum absolute atomic E-state index is 0.131. The van der Waals surface area contributed by atoms with Crippen molar-refractivity contribution < 1.29 is 4.79 Å². The molecular weight excluding hydrogens is 248 g/mol. The molecule has 0 unspecified atom stereocenters. The smallest absolute Gasteiger partial charge is 0.231 e. The maximum atomic E-state index is 12.0. The van der Waals surface area contributed by atoms with E-state index in [2.05, 4.69) is 4.98 Å². The van der Waals surface area contributed by atoms with Gasteiger partial charge in [0.05, 0.1) is 13.0 Å². The van der Waals surface area contributed by atoms with E-state index < -0.39 is 0 Å². The summed E-state index contributed by atoms with van der Waals surface area (Å²) in [5, 5.41) is 0.465. The van der Waals surface area contributed by atoms with E-state index in [1.165, 1.54) is 0 Å². The molecule has 1 aliphatic rings. The van der Waals surface area contributed by atoms with Gasteiger partial charge in [0.25, 0.3) is 0 Å². The molecule has 0 spiro atoms. The van der Waals surface area contributed by atoms with Crippen LogP contribution in [0.5, 0.6) is 0 Å². The highest BCUT2D eigenvalue weighted by Gasteiger charge is 2.26. The van der Waals surface area contributed by atoms with Gasteiger partial charge in [-0.05, 0) is 23.3 Å². The van der Waals surface area contributed by atoms with E-state index in [9.17, 15) is 4.79 Å². The summed E-state index contributed by atoms with van der Waals surface area (Å²) in [4.78, 5) is 17.8. The highest BCUT2D eigenvalue weighted by molar-refractivity contribution is 6.29. The Bertz CT molecular complexity index is 595. The number of carbonyl (C=O) groups is 1. The van der Waals surface area contributed by atoms with Crippen LogP contribution in [0.25, 0.3) is 0 Å². The number of hydrogen-bond donors (Lipinski definition) is 0. The molecule has 0 radical (unpaired) electrons. The first-order chi connectivity index (χ1) is 8.74. The molecule has 3 nitrogen and oxygen atoms in total. The molecule has 18 heavy (non-hydrogen) atoms. The normalized spacial score (nSPS) is 13.8. The van der Waals surface area contributed by atoms with Crippen LogP contribution >= 0.6 is 11.6 Å². The Hall–Kier alpha value is -1.87. The van der Waals surface area contributed by atoms with Gasteiger partial charge >= 0.3 is 0 Å². The number of para-hydroxylation sites is 1. The fourth-order valence-electron chi connectivity index (χ4n) is 2.17. The third kappa shape index (κ3) is 1.97. The molecule has 4 heteroatoms. The molecule has 90 valence electrons. The second-order valence-corrected chi connectivity index (χ2v) is 4.66. The molecule has 0 saturated carbocycles. The second kappa shape index (κ2) is 4.42. The standard InChI is InChI=1S/C14H11ClN2O/c15-13-6-5-10(8-16-13)9-17-12-4-2-1-3-11(12)7-14(17)18/h1-6,8H,7,9H2. The number of aromatic nitrogens is 1. The van der Waals surface area contributed by atoms with Crippen LogP contribution in [0.4, 0.5) is 5.69 Å². The van der Waals surface area contributed by atoms with E-state index in [1.807, 2.05) is 30.3 Å². The van der Waals surface area contributed by atoms with E-state index in [0.29, 0.717) is 18.1 Å². The summed E-state index contributed by atoms with van der Waals surface area (Å²) in [5.74, 6) is 0.131. The molecule has 1 amide bonds. The molecule has 0 atom stereocenters. The zero-order valence-corrected chi connectivity index (χ0v) is 10.4. The van der Waals surface area contributed by atoms with Crippen molar-refractivity contribution in [2.24, 2.45) is 0 Å². The van der Waals surface area contributed by atoms with Crippen molar-refractivity contribution in [3.63, 3.8) is 0 Å². The van der Waals surface area contributed by atoms with Crippen LogP contribution in [-0.2, 0) is 17.8 Å². The van der Waals surface area contributed by atoms with Gasteiger partial charge in [0.15, 0.2) is 0 Å². The Morgan fingerprint density at radius 1 is 1.22 bits per heavy atom. The Labute approximate surface area is 110 Å². The molecule has 2 aromatic rings. The van der Waals surface area contributed by atoms with Gasteiger partial charge < -0.3 is 4.90 Å². The van der Waals surface area contributed by atoms with Crippen LogP contribution in [0.1, 0.15) is 11.1 Å². The molecule has 2 heterocycles. The topological polar surface area (TPSA) is 33.2 Å². The van der Waals surface area contributed by atoms with Crippen LogP contribution in [0.15, 0.2) is 42.6 Å². The Balaban J connectivity index is 1.89. The van der Waals surface area contributed by atoms with Crippen LogP contribution < -0.4 is 4.90 Å². The van der Waals surface area contributed by atoms with Crippen LogP contribution in [0.2, 0.25) is 5.15 Å². The summed E-state index contributed by atoms with van der Waals surface area (Å²) in [5.41, 5.74) is 3.06. The number of halogens is 1. The van der Waals surface area contributed by atoms with Gasteiger partial charge in [-0.3, -0.25) is 4.79 Å². The molecule has 3 rings (SSSR count). The Kier molecular flexibility index (Phi) is 2.76. The molecule has 0 bridgehead atoms. The summed E-state index contributed by atoms with van der Waals surface area (Å²) in [6.45, 7) is 0.542. The van der Waals surface area contributed by atoms with E-state index >= 15 is 0 Å². The third-order valence-electron chi connectivity index (χ3n) is 3.05. The fourth-order valence-corrected chi connectivity index (χ4v) is 2.28. The largest absolute Gasteiger partial charge is 0.307 e. The predicted molar refractivity (Wildman–Crippen MR) is 70.6 cm³/mol. The van der Waals surface area contributed by atoms with Gasteiger partial charge in [-0.1, -0.05) is 35.9 Å². The van der Waals surface area contributed by atoms with Crippen LogP contribution in [0, 0.1) is 0 Å². The molecule has 0 saturated heterocycles. The summed E-state index contributed by atoms with van der Waals surface area (Å²) < 4.78 is 0. The van der Waals surface area contributed by atoms with Crippen molar-refractivity contribution in [3.8, 4) is 0 Å². The molecule has 1 aromatic heterocycles. The highest BCUT2D eigenvalue weighted by atomic mass is 35.5. The minimum Gasteiger partial charge on any atom is -0.307 e. The number of fused-ring (bicyclic) bond motifs is 1. The van der Waals surface area contributed by atoms with Gasteiger partial charge in [-0.2, -0.15) is 0 Å². The first-order valence-electron chi connectivity index (χ1n) is 5.73.